The van der Waals surface area contributed by atoms with Crippen molar-refractivity contribution >= 4 is 15.9 Å². The van der Waals surface area contributed by atoms with E-state index in [-0.39, 0.29) is 0 Å². The second-order valence-corrected chi connectivity index (χ2v) is 5.32. The summed E-state index contributed by atoms with van der Waals surface area (Å²) in [6.07, 6.45) is 4.03. The number of aliphatic hydroxyl groups is 1. The fourth-order valence-electron chi connectivity index (χ4n) is 1.91. The molecule has 0 saturated carbocycles. The number of hydrogen-bond donors (Lipinski definition) is 1. The Morgan fingerprint density at radius 2 is 2.22 bits per heavy atom. The zero-order chi connectivity index (χ0) is 13.1. The maximum absolute atomic E-state index is 10.4. The van der Waals surface area contributed by atoms with E-state index in [0.717, 1.165) is 28.6 Å². The quantitative estimate of drug-likeness (QED) is 0.939. The highest BCUT2D eigenvalue weighted by Gasteiger charge is 2.15. The number of hydrogen-bond acceptors (Lipinski definition) is 2. The first kappa shape index (κ1) is 13.3. The number of aromatic nitrogens is 2. The highest BCUT2D eigenvalue weighted by molar-refractivity contribution is 9.10. The van der Waals surface area contributed by atoms with E-state index in [4.69, 9.17) is 0 Å². The van der Waals surface area contributed by atoms with E-state index >= 15 is 0 Å². The Kier molecular flexibility index (Phi) is 4.19. The van der Waals surface area contributed by atoms with Crippen LogP contribution >= 0.6 is 15.9 Å². The molecule has 2 aromatic rings. The van der Waals surface area contributed by atoms with Gasteiger partial charge in [0.05, 0.1) is 6.20 Å². The van der Waals surface area contributed by atoms with Crippen molar-refractivity contribution in [2.45, 2.75) is 32.9 Å². The highest BCUT2D eigenvalue weighted by Crippen LogP contribution is 2.29. The largest absolute Gasteiger partial charge is 0.383 e. The Labute approximate surface area is 116 Å². The molecule has 96 valence electrons. The first-order valence-corrected chi connectivity index (χ1v) is 6.87. The van der Waals surface area contributed by atoms with Crippen LogP contribution in [0.25, 0.3) is 0 Å². The maximum atomic E-state index is 10.4. The van der Waals surface area contributed by atoms with Crippen molar-refractivity contribution < 1.29 is 5.11 Å². The van der Waals surface area contributed by atoms with Gasteiger partial charge in [-0.05, 0) is 30.5 Å². The minimum Gasteiger partial charge on any atom is -0.383 e. The number of halogens is 1. The molecule has 1 unspecified atom stereocenters. The fourth-order valence-corrected chi connectivity index (χ4v) is 2.62. The van der Waals surface area contributed by atoms with Crippen molar-refractivity contribution in [1.82, 2.24) is 9.78 Å². The lowest BCUT2D eigenvalue weighted by molar-refractivity contribution is 0.219. The Bertz CT molecular complexity index is 536. The van der Waals surface area contributed by atoms with Crippen LogP contribution in [0.4, 0.5) is 0 Å². The highest BCUT2D eigenvalue weighted by atomic mass is 79.9. The summed E-state index contributed by atoms with van der Waals surface area (Å²) in [7, 11) is 0. The van der Waals surface area contributed by atoms with E-state index in [1.807, 2.05) is 36.0 Å². The number of aryl methyl sites for hydroxylation is 2. The molecular weight excluding hydrogens is 292 g/mol. The molecular formula is C14H17BrN2O. The molecule has 1 aromatic heterocycles. The molecule has 2 rings (SSSR count). The molecule has 0 aliphatic carbocycles. The SMILES string of the molecule is CCCn1cc(C(O)c2ccc(C)cc2Br)cn1. The Morgan fingerprint density at radius 3 is 2.89 bits per heavy atom. The van der Waals surface area contributed by atoms with Crippen LogP contribution in [-0.4, -0.2) is 14.9 Å². The van der Waals surface area contributed by atoms with Gasteiger partial charge in [-0.3, -0.25) is 4.68 Å². The molecule has 0 aliphatic heterocycles. The van der Waals surface area contributed by atoms with E-state index < -0.39 is 6.10 Å². The molecule has 0 radical (unpaired) electrons. The summed E-state index contributed by atoms with van der Waals surface area (Å²) in [5, 5.41) is 14.6. The van der Waals surface area contributed by atoms with E-state index in [9.17, 15) is 5.11 Å². The standard InChI is InChI=1S/C14H17BrN2O/c1-3-6-17-9-11(8-16-17)14(18)12-5-4-10(2)7-13(12)15/h4-5,7-9,14,18H,3,6H2,1-2H3. The first-order chi connectivity index (χ1) is 8.61. The Hall–Kier alpha value is -1.13. The summed E-state index contributed by atoms with van der Waals surface area (Å²) in [4.78, 5) is 0. The molecule has 1 N–H and O–H groups in total. The second-order valence-electron chi connectivity index (χ2n) is 4.46. The number of aliphatic hydroxyl groups excluding tert-OH is 1. The van der Waals surface area contributed by atoms with Gasteiger partial charge in [0.25, 0.3) is 0 Å². The average Bonchev–Trinajstić information content (AvgIpc) is 2.77. The van der Waals surface area contributed by atoms with Gasteiger partial charge in [-0.25, -0.2) is 0 Å². The van der Waals surface area contributed by atoms with Crippen molar-refractivity contribution in [3.63, 3.8) is 0 Å². The monoisotopic (exact) mass is 308 g/mol. The van der Waals surface area contributed by atoms with Crippen LogP contribution in [0.5, 0.6) is 0 Å². The molecule has 4 heteroatoms. The Morgan fingerprint density at radius 1 is 1.44 bits per heavy atom. The van der Waals surface area contributed by atoms with E-state index in [1.165, 1.54) is 5.56 Å². The lowest BCUT2D eigenvalue weighted by Gasteiger charge is -2.11. The molecule has 1 atom stereocenters. The van der Waals surface area contributed by atoms with Gasteiger partial charge in [0.2, 0.25) is 0 Å². The summed E-state index contributed by atoms with van der Waals surface area (Å²) in [6.45, 7) is 5.01. The predicted molar refractivity (Wildman–Crippen MR) is 75.5 cm³/mol. The lowest BCUT2D eigenvalue weighted by atomic mass is 10.0. The summed E-state index contributed by atoms with van der Waals surface area (Å²) >= 11 is 3.50. The molecule has 3 nitrogen and oxygen atoms in total. The summed E-state index contributed by atoms with van der Waals surface area (Å²) < 4.78 is 2.79. The van der Waals surface area contributed by atoms with Crippen LogP contribution in [0, 0.1) is 6.92 Å². The van der Waals surface area contributed by atoms with E-state index in [1.54, 1.807) is 6.20 Å². The van der Waals surface area contributed by atoms with Gasteiger partial charge in [0.15, 0.2) is 0 Å². The first-order valence-electron chi connectivity index (χ1n) is 6.08. The molecule has 0 fully saturated rings. The zero-order valence-corrected chi connectivity index (χ0v) is 12.2. The third-order valence-electron chi connectivity index (χ3n) is 2.87. The van der Waals surface area contributed by atoms with Gasteiger partial charge in [0.1, 0.15) is 6.10 Å². The summed E-state index contributed by atoms with van der Waals surface area (Å²) in [5.41, 5.74) is 2.86. The second kappa shape index (κ2) is 5.67. The third-order valence-corrected chi connectivity index (χ3v) is 3.56. The lowest BCUT2D eigenvalue weighted by Crippen LogP contribution is -2.00. The normalized spacial score (nSPS) is 12.7. The van der Waals surface area contributed by atoms with Crippen molar-refractivity contribution in [2.75, 3.05) is 0 Å². The van der Waals surface area contributed by atoms with Gasteiger partial charge < -0.3 is 5.11 Å². The minimum absolute atomic E-state index is 0.634. The van der Waals surface area contributed by atoms with Gasteiger partial charge in [0, 0.05) is 22.8 Å². The van der Waals surface area contributed by atoms with Crippen LogP contribution in [-0.2, 0) is 6.54 Å². The molecule has 1 aromatic carbocycles. The fraction of sp³-hybridized carbons (Fsp3) is 0.357. The summed E-state index contributed by atoms with van der Waals surface area (Å²) in [5.74, 6) is 0. The molecule has 0 amide bonds. The van der Waals surface area contributed by atoms with Crippen LogP contribution in [0.2, 0.25) is 0 Å². The van der Waals surface area contributed by atoms with Crippen LogP contribution < -0.4 is 0 Å². The van der Waals surface area contributed by atoms with Crippen molar-refractivity contribution in [1.29, 1.82) is 0 Å². The van der Waals surface area contributed by atoms with Gasteiger partial charge in [-0.2, -0.15) is 5.10 Å². The molecule has 0 saturated heterocycles. The number of benzene rings is 1. The van der Waals surface area contributed by atoms with Crippen molar-refractivity contribution in [3.05, 3.63) is 51.8 Å². The molecule has 0 aliphatic rings. The van der Waals surface area contributed by atoms with Crippen LogP contribution in [0.15, 0.2) is 35.1 Å². The zero-order valence-electron chi connectivity index (χ0n) is 10.6. The topological polar surface area (TPSA) is 38.0 Å². The van der Waals surface area contributed by atoms with Gasteiger partial charge >= 0.3 is 0 Å². The Balaban J connectivity index is 2.26. The van der Waals surface area contributed by atoms with Crippen molar-refractivity contribution in [2.24, 2.45) is 0 Å². The van der Waals surface area contributed by atoms with Gasteiger partial charge in [-0.15, -0.1) is 0 Å². The molecule has 0 bridgehead atoms. The third kappa shape index (κ3) is 2.82. The van der Waals surface area contributed by atoms with Crippen LogP contribution in [0.1, 0.15) is 36.1 Å². The number of rotatable bonds is 4. The maximum Gasteiger partial charge on any atom is 0.108 e. The minimum atomic E-state index is -0.634. The predicted octanol–water partition coefficient (Wildman–Crippen LogP) is 3.45. The van der Waals surface area contributed by atoms with E-state index in [0.29, 0.717) is 0 Å². The molecule has 1 heterocycles. The smallest absolute Gasteiger partial charge is 0.108 e. The summed E-state index contributed by atoms with van der Waals surface area (Å²) in [6, 6.07) is 5.95. The number of nitrogens with zero attached hydrogens (tertiary/aromatic N) is 2. The van der Waals surface area contributed by atoms with Gasteiger partial charge in [-0.1, -0.05) is 35.0 Å². The van der Waals surface area contributed by atoms with Crippen molar-refractivity contribution in [3.8, 4) is 0 Å². The molecule has 18 heavy (non-hydrogen) atoms. The van der Waals surface area contributed by atoms with Crippen LogP contribution in [0.3, 0.4) is 0 Å². The molecule has 0 spiro atoms. The van der Waals surface area contributed by atoms with E-state index in [2.05, 4.69) is 28.0 Å². The average molecular weight is 309 g/mol.